The lowest BCUT2D eigenvalue weighted by molar-refractivity contribution is -0.124. The zero-order valence-corrected chi connectivity index (χ0v) is 9.93. The van der Waals surface area contributed by atoms with E-state index in [0.717, 1.165) is 31.5 Å². The van der Waals surface area contributed by atoms with E-state index in [1.807, 2.05) is 30.3 Å². The van der Waals surface area contributed by atoms with Gasteiger partial charge in [0, 0.05) is 0 Å². The van der Waals surface area contributed by atoms with Crippen LogP contribution >= 0.6 is 12.4 Å². The van der Waals surface area contributed by atoms with Crippen LogP contribution in [0, 0.1) is 0 Å². The summed E-state index contributed by atoms with van der Waals surface area (Å²) in [6, 6.07) is 9.87. The highest BCUT2D eigenvalue weighted by Gasteiger charge is 2.39. The van der Waals surface area contributed by atoms with Crippen molar-refractivity contribution < 1.29 is 4.79 Å². The summed E-state index contributed by atoms with van der Waals surface area (Å²) in [5.74, 6) is -0.199. The number of carbonyl (C=O) groups excluding carboxylic acids is 1. The lowest BCUT2D eigenvalue weighted by Crippen LogP contribution is -2.48. The van der Waals surface area contributed by atoms with Gasteiger partial charge in [-0.3, -0.25) is 4.79 Å². The summed E-state index contributed by atoms with van der Waals surface area (Å²) in [5.41, 5.74) is 6.17. The number of hydrogen-bond donors (Lipinski definition) is 2. The van der Waals surface area contributed by atoms with Gasteiger partial charge in [0.1, 0.15) is 0 Å². The van der Waals surface area contributed by atoms with Gasteiger partial charge in [-0.05, 0) is 31.5 Å². The molecule has 1 aromatic rings. The second kappa shape index (κ2) is 5.32. The molecule has 0 aliphatic carbocycles. The highest BCUT2D eigenvalue weighted by molar-refractivity contribution is 5.86. The fourth-order valence-electron chi connectivity index (χ4n) is 2.29. The lowest BCUT2D eigenvalue weighted by Gasteiger charge is -2.35. The number of amides is 1. The summed E-state index contributed by atoms with van der Waals surface area (Å²) >= 11 is 0. The van der Waals surface area contributed by atoms with Crippen molar-refractivity contribution in [2.24, 2.45) is 5.73 Å². The first-order chi connectivity index (χ1) is 7.26. The van der Waals surface area contributed by atoms with Crippen LogP contribution in [0.3, 0.4) is 0 Å². The fraction of sp³-hybridized carbons (Fsp3) is 0.417. The van der Waals surface area contributed by atoms with E-state index in [-0.39, 0.29) is 18.3 Å². The van der Waals surface area contributed by atoms with Crippen molar-refractivity contribution in [2.45, 2.75) is 18.3 Å². The molecule has 4 heteroatoms. The molecule has 0 aromatic heterocycles. The molecule has 0 unspecified atom stereocenters. The highest BCUT2D eigenvalue weighted by atomic mass is 35.5. The molecule has 1 saturated heterocycles. The number of nitrogens with one attached hydrogen (secondary N) is 1. The summed E-state index contributed by atoms with van der Waals surface area (Å²) in [4.78, 5) is 11.7. The predicted octanol–water partition coefficient (Wildman–Crippen LogP) is 1.21. The van der Waals surface area contributed by atoms with Crippen LogP contribution in [0.15, 0.2) is 30.3 Å². The van der Waals surface area contributed by atoms with Crippen molar-refractivity contribution in [3.8, 4) is 0 Å². The molecule has 0 radical (unpaired) electrons. The van der Waals surface area contributed by atoms with Crippen molar-refractivity contribution in [2.75, 3.05) is 13.1 Å². The molecular weight excluding hydrogens is 224 g/mol. The normalized spacial score (nSPS) is 18.5. The standard InChI is InChI=1S/C12H16N2O.ClH/c13-11(15)12(6-8-14-9-7-12)10-4-2-1-3-5-10;/h1-5,14H,6-9H2,(H2,13,15);1H. The van der Waals surface area contributed by atoms with Crippen LogP contribution in [0.2, 0.25) is 0 Å². The minimum absolute atomic E-state index is 0. The highest BCUT2D eigenvalue weighted by Crippen LogP contribution is 2.32. The smallest absolute Gasteiger partial charge is 0.228 e. The van der Waals surface area contributed by atoms with Gasteiger partial charge >= 0.3 is 0 Å². The van der Waals surface area contributed by atoms with Gasteiger partial charge in [0.05, 0.1) is 5.41 Å². The van der Waals surface area contributed by atoms with E-state index in [9.17, 15) is 4.79 Å². The van der Waals surface area contributed by atoms with Gasteiger partial charge < -0.3 is 11.1 Å². The fourth-order valence-corrected chi connectivity index (χ4v) is 2.29. The predicted molar refractivity (Wildman–Crippen MR) is 66.7 cm³/mol. The number of nitrogens with two attached hydrogens (primary N) is 1. The maximum Gasteiger partial charge on any atom is 0.228 e. The van der Waals surface area contributed by atoms with Crippen molar-refractivity contribution in [3.05, 3.63) is 35.9 Å². The van der Waals surface area contributed by atoms with Crippen LogP contribution in [-0.4, -0.2) is 19.0 Å². The number of halogens is 1. The number of primary amides is 1. The number of piperidine rings is 1. The molecule has 3 N–H and O–H groups in total. The van der Waals surface area contributed by atoms with Crippen molar-refractivity contribution in [1.82, 2.24) is 5.32 Å². The maximum absolute atomic E-state index is 11.7. The third-order valence-electron chi connectivity index (χ3n) is 3.26. The quantitative estimate of drug-likeness (QED) is 0.817. The summed E-state index contributed by atoms with van der Waals surface area (Å²) in [6.07, 6.45) is 1.60. The molecule has 88 valence electrons. The molecule has 1 aliphatic rings. The Morgan fingerprint density at radius 2 is 1.75 bits per heavy atom. The number of rotatable bonds is 2. The van der Waals surface area contributed by atoms with E-state index in [2.05, 4.69) is 5.32 Å². The molecule has 1 fully saturated rings. The number of hydrogen-bond acceptors (Lipinski definition) is 2. The Hall–Kier alpha value is -1.06. The molecule has 0 bridgehead atoms. The first kappa shape index (κ1) is 13.0. The molecule has 1 aromatic carbocycles. The van der Waals surface area contributed by atoms with Gasteiger partial charge in [0.2, 0.25) is 5.91 Å². The van der Waals surface area contributed by atoms with Gasteiger partial charge in [-0.25, -0.2) is 0 Å². The van der Waals surface area contributed by atoms with Crippen LogP contribution in [-0.2, 0) is 10.2 Å². The van der Waals surface area contributed by atoms with Crippen LogP contribution in [0.5, 0.6) is 0 Å². The molecule has 0 atom stereocenters. The Kier molecular flexibility index (Phi) is 4.33. The minimum atomic E-state index is -0.452. The summed E-state index contributed by atoms with van der Waals surface area (Å²) in [6.45, 7) is 1.72. The second-order valence-corrected chi connectivity index (χ2v) is 4.06. The molecule has 1 amide bonds. The summed E-state index contributed by atoms with van der Waals surface area (Å²) < 4.78 is 0. The van der Waals surface area contributed by atoms with E-state index in [1.165, 1.54) is 0 Å². The first-order valence-electron chi connectivity index (χ1n) is 5.32. The molecule has 3 nitrogen and oxygen atoms in total. The minimum Gasteiger partial charge on any atom is -0.369 e. The van der Waals surface area contributed by atoms with Gasteiger partial charge in [0.25, 0.3) is 0 Å². The van der Waals surface area contributed by atoms with Gasteiger partial charge in [-0.1, -0.05) is 30.3 Å². The van der Waals surface area contributed by atoms with Crippen molar-refractivity contribution >= 4 is 18.3 Å². The third kappa shape index (κ3) is 2.20. The monoisotopic (exact) mass is 240 g/mol. The molecule has 1 aliphatic heterocycles. The van der Waals surface area contributed by atoms with E-state index in [1.54, 1.807) is 0 Å². The molecule has 0 spiro atoms. The average molecular weight is 241 g/mol. The Balaban J connectivity index is 0.00000128. The molecule has 16 heavy (non-hydrogen) atoms. The van der Waals surface area contributed by atoms with Crippen molar-refractivity contribution in [3.63, 3.8) is 0 Å². The Morgan fingerprint density at radius 3 is 2.25 bits per heavy atom. The average Bonchev–Trinajstić information content (AvgIpc) is 2.31. The van der Waals surface area contributed by atoms with Crippen LogP contribution in [0.1, 0.15) is 18.4 Å². The van der Waals surface area contributed by atoms with E-state index < -0.39 is 5.41 Å². The number of carbonyl (C=O) groups is 1. The van der Waals surface area contributed by atoms with Gasteiger partial charge in [-0.15, -0.1) is 12.4 Å². The molecule has 2 rings (SSSR count). The van der Waals surface area contributed by atoms with Crippen LogP contribution < -0.4 is 11.1 Å². The van der Waals surface area contributed by atoms with Gasteiger partial charge in [-0.2, -0.15) is 0 Å². The zero-order valence-electron chi connectivity index (χ0n) is 9.11. The first-order valence-corrected chi connectivity index (χ1v) is 5.32. The van der Waals surface area contributed by atoms with E-state index in [0.29, 0.717) is 0 Å². The summed E-state index contributed by atoms with van der Waals surface area (Å²) in [5, 5.41) is 3.26. The summed E-state index contributed by atoms with van der Waals surface area (Å²) in [7, 11) is 0. The Morgan fingerprint density at radius 1 is 1.19 bits per heavy atom. The SMILES string of the molecule is Cl.NC(=O)C1(c2ccccc2)CCNCC1. The topological polar surface area (TPSA) is 55.1 Å². The third-order valence-corrected chi connectivity index (χ3v) is 3.26. The molecule has 0 saturated carbocycles. The lowest BCUT2D eigenvalue weighted by atomic mass is 9.72. The van der Waals surface area contributed by atoms with E-state index >= 15 is 0 Å². The zero-order chi connectivity index (χ0) is 10.7. The largest absolute Gasteiger partial charge is 0.369 e. The molecule has 1 heterocycles. The van der Waals surface area contributed by atoms with Crippen molar-refractivity contribution in [1.29, 1.82) is 0 Å². The van der Waals surface area contributed by atoms with Gasteiger partial charge in [0.15, 0.2) is 0 Å². The van der Waals surface area contributed by atoms with E-state index in [4.69, 9.17) is 5.73 Å². The second-order valence-electron chi connectivity index (χ2n) is 4.06. The Labute approximate surface area is 102 Å². The maximum atomic E-state index is 11.7. The Bertz CT molecular complexity index is 347. The van der Waals surface area contributed by atoms with Crippen LogP contribution in [0.25, 0.3) is 0 Å². The molecular formula is C12H17ClN2O. The van der Waals surface area contributed by atoms with Crippen LogP contribution in [0.4, 0.5) is 0 Å². The number of benzene rings is 1.